The van der Waals surface area contributed by atoms with E-state index in [1.807, 2.05) is 32.0 Å². The highest BCUT2D eigenvalue weighted by molar-refractivity contribution is 5.96. The molecule has 2 heterocycles. The summed E-state index contributed by atoms with van der Waals surface area (Å²) in [6.45, 7) is 4.10. The van der Waals surface area contributed by atoms with Crippen molar-refractivity contribution < 1.29 is 14.0 Å². The van der Waals surface area contributed by atoms with E-state index in [1.54, 1.807) is 12.1 Å². The van der Waals surface area contributed by atoms with E-state index >= 15 is 0 Å². The van der Waals surface area contributed by atoms with Gasteiger partial charge in [-0.25, -0.2) is 0 Å². The average Bonchev–Trinajstić information content (AvgIpc) is 2.86. The fourth-order valence-corrected chi connectivity index (χ4v) is 2.63. The third-order valence-corrected chi connectivity index (χ3v) is 3.65. The fraction of sp³-hybridized carbons (Fsp3) is 0.250. The lowest BCUT2D eigenvalue weighted by atomic mass is 9.77. The number of furan rings is 1. The Bertz CT molecular complexity index is 697. The number of rotatable bonds is 2. The first-order valence-electron chi connectivity index (χ1n) is 6.49. The van der Waals surface area contributed by atoms with Gasteiger partial charge in [0.2, 0.25) is 5.91 Å². The Labute approximate surface area is 116 Å². The highest BCUT2D eigenvalue weighted by Gasteiger charge is 2.32. The van der Waals surface area contributed by atoms with Gasteiger partial charge < -0.3 is 9.73 Å². The summed E-state index contributed by atoms with van der Waals surface area (Å²) in [6, 6.07) is 9.21. The van der Waals surface area contributed by atoms with E-state index in [9.17, 15) is 9.59 Å². The van der Waals surface area contributed by atoms with Crippen LogP contribution >= 0.6 is 0 Å². The zero-order valence-corrected chi connectivity index (χ0v) is 11.4. The van der Waals surface area contributed by atoms with Gasteiger partial charge in [-0.1, -0.05) is 13.8 Å². The van der Waals surface area contributed by atoms with Crippen molar-refractivity contribution in [2.45, 2.75) is 25.7 Å². The van der Waals surface area contributed by atoms with Gasteiger partial charge in [-0.15, -0.1) is 0 Å². The number of hydrogen-bond donors (Lipinski definition) is 1. The number of anilines is 1. The van der Waals surface area contributed by atoms with Crippen LogP contribution in [0.25, 0.3) is 11.3 Å². The molecule has 3 rings (SSSR count). The van der Waals surface area contributed by atoms with Crippen molar-refractivity contribution in [3.8, 4) is 11.3 Å². The van der Waals surface area contributed by atoms with Crippen LogP contribution in [0.15, 0.2) is 34.7 Å². The van der Waals surface area contributed by atoms with E-state index in [4.69, 9.17) is 4.42 Å². The normalized spacial score (nSPS) is 16.4. The Hall–Kier alpha value is -2.36. The van der Waals surface area contributed by atoms with Crippen LogP contribution < -0.4 is 5.32 Å². The molecule has 20 heavy (non-hydrogen) atoms. The molecule has 1 aromatic heterocycles. The lowest BCUT2D eigenvalue weighted by molar-refractivity contribution is -0.117. The second kappa shape index (κ2) is 4.34. The molecule has 0 bridgehead atoms. The number of carbonyl (C=O) groups excluding carboxylic acids is 2. The van der Waals surface area contributed by atoms with Crippen molar-refractivity contribution in [1.82, 2.24) is 0 Å². The summed E-state index contributed by atoms with van der Waals surface area (Å²) in [6.07, 6.45) is 1.15. The van der Waals surface area contributed by atoms with E-state index in [0.717, 1.165) is 16.8 Å². The van der Waals surface area contributed by atoms with Gasteiger partial charge in [0.05, 0.1) is 0 Å². The summed E-state index contributed by atoms with van der Waals surface area (Å²) in [4.78, 5) is 22.4. The van der Waals surface area contributed by atoms with Gasteiger partial charge in [0, 0.05) is 23.1 Å². The Balaban J connectivity index is 2.08. The summed E-state index contributed by atoms with van der Waals surface area (Å²) >= 11 is 0. The molecule has 102 valence electrons. The molecule has 1 aliphatic rings. The van der Waals surface area contributed by atoms with Crippen molar-refractivity contribution >= 4 is 17.9 Å². The van der Waals surface area contributed by atoms with E-state index in [0.29, 0.717) is 24.2 Å². The number of carbonyl (C=O) groups is 2. The fourth-order valence-electron chi connectivity index (χ4n) is 2.63. The first kappa shape index (κ1) is 12.7. The molecule has 0 unspecified atom stereocenters. The van der Waals surface area contributed by atoms with Crippen molar-refractivity contribution in [3.63, 3.8) is 0 Å². The maximum Gasteiger partial charge on any atom is 0.225 e. The monoisotopic (exact) mass is 269 g/mol. The lowest BCUT2D eigenvalue weighted by Gasteiger charge is -2.32. The number of fused-ring (bicyclic) bond motifs is 1. The van der Waals surface area contributed by atoms with Crippen LogP contribution in [0.2, 0.25) is 0 Å². The maximum atomic E-state index is 11.7. The molecule has 0 saturated carbocycles. The van der Waals surface area contributed by atoms with E-state index in [1.165, 1.54) is 0 Å². The second-order valence-corrected chi connectivity index (χ2v) is 5.69. The number of benzene rings is 1. The summed E-state index contributed by atoms with van der Waals surface area (Å²) < 4.78 is 5.44. The molecule has 0 fully saturated rings. The third kappa shape index (κ3) is 2.03. The van der Waals surface area contributed by atoms with E-state index < -0.39 is 0 Å². The molecule has 1 aromatic carbocycles. The Morgan fingerprint density at radius 2 is 2.05 bits per heavy atom. The predicted octanol–water partition coefficient (Wildman–Crippen LogP) is 3.38. The average molecular weight is 269 g/mol. The number of aldehydes is 1. The second-order valence-electron chi connectivity index (χ2n) is 5.69. The van der Waals surface area contributed by atoms with Crippen LogP contribution in [0.5, 0.6) is 0 Å². The van der Waals surface area contributed by atoms with Gasteiger partial charge >= 0.3 is 0 Å². The summed E-state index contributed by atoms with van der Waals surface area (Å²) in [7, 11) is 0. The molecule has 1 N–H and O–H groups in total. The minimum absolute atomic E-state index is 0.0384. The van der Waals surface area contributed by atoms with Gasteiger partial charge in [-0.2, -0.15) is 0 Å². The molecule has 4 nitrogen and oxygen atoms in total. The van der Waals surface area contributed by atoms with Gasteiger partial charge in [0.1, 0.15) is 5.76 Å². The Morgan fingerprint density at radius 1 is 1.25 bits per heavy atom. The first-order valence-corrected chi connectivity index (χ1v) is 6.49. The minimum atomic E-state index is -0.215. The van der Waals surface area contributed by atoms with Crippen molar-refractivity contribution in [1.29, 1.82) is 0 Å². The van der Waals surface area contributed by atoms with Gasteiger partial charge in [0.15, 0.2) is 12.0 Å². The van der Waals surface area contributed by atoms with E-state index in [2.05, 4.69) is 5.32 Å². The summed E-state index contributed by atoms with van der Waals surface area (Å²) in [5.74, 6) is 1.00. The molecule has 0 saturated heterocycles. The van der Waals surface area contributed by atoms with Crippen molar-refractivity contribution in [2.75, 3.05) is 5.32 Å². The highest BCUT2D eigenvalue weighted by atomic mass is 16.3. The zero-order valence-electron chi connectivity index (χ0n) is 11.4. The lowest BCUT2D eigenvalue weighted by Crippen LogP contribution is -2.32. The highest BCUT2D eigenvalue weighted by Crippen LogP contribution is 2.39. The van der Waals surface area contributed by atoms with Gasteiger partial charge in [-0.3, -0.25) is 9.59 Å². The standard InChI is InChI=1S/C16H15NO3/c1-16(2)8-15(19)17-13-5-3-10(7-12(13)16)14-6-4-11(9-18)20-14/h3-7,9H,8H2,1-2H3,(H,17,19). The molecule has 0 aliphatic carbocycles. The number of nitrogens with one attached hydrogen (secondary N) is 1. The number of amides is 1. The molecule has 0 spiro atoms. The molecular formula is C16H15NO3. The molecule has 1 amide bonds. The van der Waals surface area contributed by atoms with Crippen molar-refractivity contribution in [3.05, 3.63) is 41.7 Å². The van der Waals surface area contributed by atoms with Gasteiger partial charge in [-0.05, 0) is 35.9 Å². The van der Waals surface area contributed by atoms with Crippen LogP contribution in [0, 0.1) is 0 Å². The predicted molar refractivity (Wildman–Crippen MR) is 75.8 cm³/mol. The Kier molecular flexibility index (Phi) is 2.74. The molecule has 1 aliphatic heterocycles. The third-order valence-electron chi connectivity index (χ3n) is 3.65. The topological polar surface area (TPSA) is 59.3 Å². The SMILES string of the molecule is CC1(C)CC(=O)Nc2ccc(-c3ccc(C=O)o3)cc21. The Morgan fingerprint density at radius 3 is 2.75 bits per heavy atom. The van der Waals surface area contributed by atoms with Crippen LogP contribution in [0.1, 0.15) is 36.4 Å². The quantitative estimate of drug-likeness (QED) is 0.850. The smallest absolute Gasteiger partial charge is 0.225 e. The molecule has 0 atom stereocenters. The summed E-state index contributed by atoms with van der Waals surface area (Å²) in [5, 5.41) is 2.88. The molecule has 0 radical (unpaired) electrons. The maximum absolute atomic E-state index is 11.7. The summed E-state index contributed by atoms with van der Waals surface area (Å²) in [5.41, 5.74) is 2.62. The van der Waals surface area contributed by atoms with Crippen LogP contribution in [0.3, 0.4) is 0 Å². The van der Waals surface area contributed by atoms with E-state index in [-0.39, 0.29) is 11.3 Å². The first-order chi connectivity index (χ1) is 9.49. The largest absolute Gasteiger partial charge is 0.453 e. The van der Waals surface area contributed by atoms with Gasteiger partial charge in [0.25, 0.3) is 0 Å². The molecular weight excluding hydrogens is 254 g/mol. The molecule has 4 heteroatoms. The number of hydrogen-bond acceptors (Lipinski definition) is 3. The van der Waals surface area contributed by atoms with Crippen LogP contribution in [-0.2, 0) is 10.2 Å². The van der Waals surface area contributed by atoms with Crippen molar-refractivity contribution in [2.24, 2.45) is 0 Å². The van der Waals surface area contributed by atoms with Crippen LogP contribution in [0.4, 0.5) is 5.69 Å². The zero-order chi connectivity index (χ0) is 14.3. The molecule has 2 aromatic rings. The van der Waals surface area contributed by atoms with Crippen LogP contribution in [-0.4, -0.2) is 12.2 Å². The minimum Gasteiger partial charge on any atom is -0.453 e.